The van der Waals surface area contributed by atoms with Gasteiger partial charge in [-0.05, 0) is 12.1 Å². The van der Waals surface area contributed by atoms with Crippen LogP contribution in [0.5, 0.6) is 6.01 Å². The molecule has 11 nitrogen and oxygen atoms in total. The highest BCUT2D eigenvalue weighted by atomic mass is 35.5. The van der Waals surface area contributed by atoms with E-state index in [1.54, 1.807) is 28.8 Å². The molecule has 0 spiro atoms. The van der Waals surface area contributed by atoms with E-state index in [9.17, 15) is 27.6 Å². The minimum Gasteiger partial charge on any atom is -0.453 e. The number of nitrogens with one attached hydrogen (secondary N) is 1. The molecule has 186 valence electrons. The lowest BCUT2D eigenvalue weighted by Gasteiger charge is -2.28. The third-order valence-electron chi connectivity index (χ3n) is 5.09. The van der Waals surface area contributed by atoms with Crippen LogP contribution in [-0.2, 0) is 21.4 Å². The van der Waals surface area contributed by atoms with Crippen LogP contribution >= 0.6 is 11.6 Å². The van der Waals surface area contributed by atoms with Crippen LogP contribution in [0.2, 0.25) is 5.02 Å². The van der Waals surface area contributed by atoms with E-state index in [1.165, 1.54) is 7.05 Å². The number of aromatic nitrogens is 4. The third-order valence-corrected chi connectivity index (χ3v) is 5.41. The van der Waals surface area contributed by atoms with E-state index in [-0.39, 0.29) is 11.2 Å². The number of anilines is 1. The summed E-state index contributed by atoms with van der Waals surface area (Å²) < 4.78 is 48.1. The lowest BCUT2D eigenvalue weighted by Crippen LogP contribution is -2.44. The monoisotopic (exact) mass is 514 g/mol. The van der Waals surface area contributed by atoms with Gasteiger partial charge in [0.2, 0.25) is 5.95 Å². The molecule has 0 atom stereocenters. The van der Waals surface area contributed by atoms with Gasteiger partial charge in [0, 0.05) is 33.2 Å². The van der Waals surface area contributed by atoms with Gasteiger partial charge in [0.15, 0.2) is 17.8 Å². The number of hydrogen-bond acceptors (Lipinski definition) is 9. The maximum absolute atomic E-state index is 13.3. The molecule has 0 saturated carbocycles. The molecular weight excluding hydrogens is 497 g/mol. The van der Waals surface area contributed by atoms with E-state index >= 15 is 0 Å². The topological polar surface area (TPSA) is 121 Å². The van der Waals surface area contributed by atoms with E-state index in [4.69, 9.17) is 16.3 Å². The van der Waals surface area contributed by atoms with Gasteiger partial charge in [-0.25, -0.2) is 9.59 Å². The van der Waals surface area contributed by atoms with Crippen LogP contribution in [-0.4, -0.2) is 70.0 Å². The molecule has 0 amide bonds. The smallest absolute Gasteiger partial charge is 0.453 e. The first-order valence-electron chi connectivity index (χ1n) is 10.2. The molecule has 1 aliphatic rings. The number of nitrogens with zero attached hydrogens (tertiary/aromatic N) is 5. The summed E-state index contributed by atoms with van der Waals surface area (Å²) >= 11 is 6.42. The number of ether oxygens (including phenoxy) is 2. The van der Waals surface area contributed by atoms with Crippen LogP contribution < -0.4 is 20.5 Å². The highest BCUT2D eigenvalue weighted by Gasteiger charge is 2.42. The molecular formula is C20H18ClF3N6O5. The number of fused-ring (bicyclic) bond motifs is 1. The Hall–Kier alpha value is -3.65. The number of rotatable bonds is 5. The van der Waals surface area contributed by atoms with Crippen LogP contribution in [0.25, 0.3) is 16.9 Å². The molecule has 2 aromatic heterocycles. The highest BCUT2D eigenvalue weighted by Crippen LogP contribution is 2.30. The zero-order valence-electron chi connectivity index (χ0n) is 18.1. The lowest BCUT2D eigenvalue weighted by molar-refractivity contribution is -0.202. The number of carbonyl (C=O) groups is 2. The highest BCUT2D eigenvalue weighted by molar-refractivity contribution is 6.32. The summed E-state index contributed by atoms with van der Waals surface area (Å²) in [7, 11) is 1.30. The second-order valence-corrected chi connectivity index (χ2v) is 7.82. The number of hydrogen-bond donors (Lipinski definition) is 1. The Morgan fingerprint density at radius 3 is 2.51 bits per heavy atom. The van der Waals surface area contributed by atoms with Crippen molar-refractivity contribution in [3.63, 3.8) is 0 Å². The Balaban J connectivity index is 1.74. The van der Waals surface area contributed by atoms with Crippen LogP contribution in [0.15, 0.2) is 29.1 Å². The fourth-order valence-corrected chi connectivity index (χ4v) is 3.68. The number of halogens is 4. The molecule has 3 heterocycles. The van der Waals surface area contributed by atoms with Crippen LogP contribution in [0.3, 0.4) is 0 Å². The van der Waals surface area contributed by atoms with Crippen LogP contribution in [0.1, 0.15) is 0 Å². The summed E-state index contributed by atoms with van der Waals surface area (Å²) in [5, 5.41) is 3.59. The van der Waals surface area contributed by atoms with E-state index in [2.05, 4.69) is 20.0 Å². The zero-order chi connectivity index (χ0) is 25.3. The maximum atomic E-state index is 13.3. The number of piperazine rings is 1. The molecule has 1 N–H and O–H groups in total. The van der Waals surface area contributed by atoms with Gasteiger partial charge in [-0.3, -0.25) is 13.9 Å². The Labute approximate surface area is 200 Å². The van der Waals surface area contributed by atoms with Crippen molar-refractivity contribution in [2.75, 3.05) is 37.7 Å². The standard InChI is InChI=1S/C20H18ClF3N6O5/c1-28-16(32)14-15(27-19(28)34-10-13(31)35-17(33)20(22,23)24)26-18(29-8-6-25-7-9-29)30(14)12-5-3-2-4-11(12)21/h2-5,25H,6-10H2,1H3. The first-order chi connectivity index (χ1) is 16.6. The number of imidazole rings is 1. The third kappa shape index (κ3) is 4.93. The molecule has 1 fully saturated rings. The lowest BCUT2D eigenvalue weighted by atomic mass is 10.3. The Morgan fingerprint density at radius 2 is 1.86 bits per heavy atom. The van der Waals surface area contributed by atoms with Crippen LogP contribution in [0.4, 0.5) is 19.1 Å². The van der Waals surface area contributed by atoms with Gasteiger partial charge >= 0.3 is 24.1 Å². The fraction of sp³-hybridized carbons (Fsp3) is 0.350. The van der Waals surface area contributed by atoms with Crippen molar-refractivity contribution in [2.45, 2.75) is 6.18 Å². The van der Waals surface area contributed by atoms with Crippen molar-refractivity contribution in [2.24, 2.45) is 7.05 Å². The molecule has 0 unspecified atom stereocenters. The van der Waals surface area contributed by atoms with E-state index in [0.29, 0.717) is 42.8 Å². The van der Waals surface area contributed by atoms with Crippen molar-refractivity contribution < 1.29 is 32.2 Å². The number of carbonyl (C=O) groups excluding carboxylic acids is 2. The first-order valence-corrected chi connectivity index (χ1v) is 10.6. The second kappa shape index (κ2) is 9.54. The van der Waals surface area contributed by atoms with Crippen molar-refractivity contribution >= 4 is 40.7 Å². The predicted molar refractivity (Wildman–Crippen MR) is 117 cm³/mol. The Kier molecular flexibility index (Phi) is 6.67. The summed E-state index contributed by atoms with van der Waals surface area (Å²) in [5.74, 6) is -3.88. The maximum Gasteiger partial charge on any atom is 0.491 e. The van der Waals surface area contributed by atoms with Gasteiger partial charge in [0.1, 0.15) is 0 Å². The molecule has 1 saturated heterocycles. The molecule has 3 aromatic rings. The summed E-state index contributed by atoms with van der Waals surface area (Å²) in [6, 6.07) is 6.45. The van der Waals surface area contributed by atoms with Crippen molar-refractivity contribution in [1.82, 2.24) is 24.4 Å². The van der Waals surface area contributed by atoms with Gasteiger partial charge in [-0.2, -0.15) is 23.1 Å². The van der Waals surface area contributed by atoms with Gasteiger partial charge in [-0.15, -0.1) is 0 Å². The number of para-hydroxylation sites is 1. The van der Waals surface area contributed by atoms with E-state index in [0.717, 1.165) is 4.57 Å². The molecule has 1 aliphatic heterocycles. The van der Waals surface area contributed by atoms with Crippen LogP contribution in [0, 0.1) is 0 Å². The normalized spacial score (nSPS) is 14.3. The minimum atomic E-state index is -5.34. The fourth-order valence-electron chi connectivity index (χ4n) is 3.46. The van der Waals surface area contributed by atoms with E-state index < -0.39 is 36.3 Å². The number of benzene rings is 1. The summed E-state index contributed by atoms with van der Waals surface area (Å²) in [6.45, 7) is 1.46. The molecule has 35 heavy (non-hydrogen) atoms. The summed E-state index contributed by atoms with van der Waals surface area (Å²) in [6.07, 6.45) is -5.34. The average Bonchev–Trinajstić information content (AvgIpc) is 3.20. The average molecular weight is 515 g/mol. The molecule has 1 aromatic carbocycles. The molecule has 15 heteroatoms. The first kappa shape index (κ1) is 24.5. The largest absolute Gasteiger partial charge is 0.491 e. The van der Waals surface area contributed by atoms with Gasteiger partial charge in [-0.1, -0.05) is 23.7 Å². The molecule has 0 aliphatic carbocycles. The van der Waals surface area contributed by atoms with Gasteiger partial charge < -0.3 is 19.7 Å². The molecule has 0 bridgehead atoms. The minimum absolute atomic E-state index is 0.0312. The predicted octanol–water partition coefficient (Wildman–Crippen LogP) is 1.19. The molecule has 4 rings (SSSR count). The van der Waals surface area contributed by atoms with Gasteiger partial charge in [0.25, 0.3) is 5.56 Å². The van der Waals surface area contributed by atoms with Gasteiger partial charge in [0.05, 0.1) is 10.7 Å². The number of esters is 2. The Morgan fingerprint density at radius 1 is 1.17 bits per heavy atom. The van der Waals surface area contributed by atoms with E-state index in [1.807, 2.05) is 4.90 Å². The van der Waals surface area contributed by atoms with Crippen molar-refractivity contribution in [3.8, 4) is 11.7 Å². The second-order valence-electron chi connectivity index (χ2n) is 7.41. The van der Waals surface area contributed by atoms with Crippen molar-refractivity contribution in [3.05, 3.63) is 39.6 Å². The summed E-state index contributed by atoms with van der Waals surface area (Å²) in [5.41, 5.74) is -0.0712. The Bertz CT molecular complexity index is 1350. The summed E-state index contributed by atoms with van der Waals surface area (Å²) in [4.78, 5) is 46.3. The zero-order valence-corrected chi connectivity index (χ0v) is 18.9. The molecule has 0 radical (unpaired) electrons. The van der Waals surface area contributed by atoms with Crippen molar-refractivity contribution in [1.29, 1.82) is 0 Å². The SMILES string of the molecule is Cn1c(OCC(=O)OC(=O)C(F)(F)F)nc2nc(N3CCNCC3)n(-c3ccccc3Cl)c2c1=O. The number of alkyl halides is 3. The quantitative estimate of drug-likeness (QED) is 0.395.